The molecule has 0 radical (unpaired) electrons. The van der Waals surface area contributed by atoms with Crippen LogP contribution >= 0.6 is 11.8 Å². The number of likely N-dealkylation sites (N-methyl/N-ethyl adjacent to an activating group) is 1. The van der Waals surface area contributed by atoms with Crippen LogP contribution in [0.5, 0.6) is 0 Å². The molecule has 152 valence electrons. The van der Waals surface area contributed by atoms with Crippen molar-refractivity contribution in [2.75, 3.05) is 27.2 Å². The molecule has 0 saturated carbocycles. The SMILES string of the molecule is C/C=C1/S[C@@H](c2ccc(F)cc2)[C@@H](OC(C)=O)C(=O)N(CCN(C)C)/C1=C/C. The second-order valence-electron chi connectivity index (χ2n) is 6.74. The topological polar surface area (TPSA) is 49.9 Å². The molecule has 2 atom stereocenters. The maximum absolute atomic E-state index is 13.4. The van der Waals surface area contributed by atoms with E-state index in [9.17, 15) is 14.0 Å². The van der Waals surface area contributed by atoms with Crippen molar-refractivity contribution in [2.24, 2.45) is 0 Å². The molecule has 2 rings (SSSR count). The van der Waals surface area contributed by atoms with Gasteiger partial charge in [0.2, 0.25) is 0 Å². The van der Waals surface area contributed by atoms with E-state index < -0.39 is 17.3 Å². The third-order valence-corrected chi connectivity index (χ3v) is 5.85. The van der Waals surface area contributed by atoms with Crippen LogP contribution in [0.3, 0.4) is 0 Å². The summed E-state index contributed by atoms with van der Waals surface area (Å²) in [6, 6.07) is 5.97. The van der Waals surface area contributed by atoms with Gasteiger partial charge in [0.05, 0.1) is 10.9 Å². The lowest BCUT2D eigenvalue weighted by atomic mass is 10.1. The Bertz CT molecular complexity index is 774. The number of thioether (sulfide) groups is 1. The van der Waals surface area contributed by atoms with E-state index in [0.29, 0.717) is 13.1 Å². The third kappa shape index (κ3) is 5.23. The predicted octanol–water partition coefficient (Wildman–Crippen LogP) is 3.74. The summed E-state index contributed by atoms with van der Waals surface area (Å²) in [6.07, 6.45) is 2.85. The first-order chi connectivity index (χ1) is 13.3. The zero-order valence-corrected chi connectivity index (χ0v) is 17.8. The lowest BCUT2D eigenvalue weighted by Crippen LogP contribution is -2.43. The standard InChI is InChI=1S/C21H27FN2O3S/c1-6-17-18(7-2)28-20(15-8-10-16(22)11-9-15)19(27-14(3)25)21(26)24(17)13-12-23(4)5/h6-11,19-20H,12-13H2,1-5H3/b17-6+,18-7+/t19-,20+/m1/s1. The second-order valence-corrected chi connectivity index (χ2v) is 7.92. The largest absolute Gasteiger partial charge is 0.451 e. The number of hydrogen-bond donors (Lipinski definition) is 0. The zero-order chi connectivity index (χ0) is 20.8. The molecule has 1 heterocycles. The molecule has 7 heteroatoms. The Balaban J connectivity index is 2.55. The highest BCUT2D eigenvalue weighted by Gasteiger charge is 2.41. The van der Waals surface area contributed by atoms with E-state index in [1.54, 1.807) is 17.0 Å². The second kappa shape index (κ2) is 9.89. The summed E-state index contributed by atoms with van der Waals surface area (Å²) in [5, 5.41) is -0.470. The maximum atomic E-state index is 13.4. The lowest BCUT2D eigenvalue weighted by molar-refractivity contribution is -0.157. The van der Waals surface area contributed by atoms with Crippen LogP contribution in [0.15, 0.2) is 47.0 Å². The fourth-order valence-electron chi connectivity index (χ4n) is 3.02. The molecule has 1 amide bonds. The Hall–Kier alpha value is -2.12. The Labute approximate surface area is 170 Å². The molecule has 28 heavy (non-hydrogen) atoms. The van der Waals surface area contributed by atoms with Gasteiger partial charge in [-0.2, -0.15) is 0 Å². The van der Waals surface area contributed by atoms with Crippen LogP contribution in [0.2, 0.25) is 0 Å². The summed E-state index contributed by atoms with van der Waals surface area (Å²) in [5.74, 6) is -1.15. The fourth-order valence-corrected chi connectivity index (χ4v) is 4.37. The summed E-state index contributed by atoms with van der Waals surface area (Å²) in [7, 11) is 3.88. The molecule has 1 aromatic carbocycles. The van der Waals surface area contributed by atoms with Crippen LogP contribution < -0.4 is 0 Å². The highest BCUT2D eigenvalue weighted by atomic mass is 32.2. The normalized spacial score (nSPS) is 23.4. The number of amides is 1. The van der Waals surface area contributed by atoms with Crippen LogP contribution in [0.1, 0.15) is 31.6 Å². The Morgan fingerprint density at radius 1 is 1.25 bits per heavy atom. The minimum absolute atomic E-state index is 0.274. The van der Waals surface area contributed by atoms with Gasteiger partial charge in [-0.15, -0.1) is 11.8 Å². The van der Waals surface area contributed by atoms with Crippen molar-refractivity contribution in [1.29, 1.82) is 0 Å². The number of halogens is 1. The first-order valence-corrected chi connectivity index (χ1v) is 10.0. The third-order valence-electron chi connectivity index (χ3n) is 4.38. The van der Waals surface area contributed by atoms with Gasteiger partial charge in [-0.25, -0.2) is 4.39 Å². The van der Waals surface area contributed by atoms with Crippen molar-refractivity contribution in [3.63, 3.8) is 0 Å². The highest BCUT2D eigenvalue weighted by molar-refractivity contribution is 8.03. The van der Waals surface area contributed by atoms with Crippen molar-refractivity contribution in [1.82, 2.24) is 9.80 Å². The van der Waals surface area contributed by atoms with Gasteiger partial charge in [-0.05, 0) is 45.6 Å². The number of carbonyl (C=O) groups excluding carboxylic acids is 2. The molecule has 0 bridgehead atoms. The predicted molar refractivity (Wildman–Crippen MR) is 110 cm³/mol. The molecule has 0 unspecified atom stereocenters. The van der Waals surface area contributed by atoms with Gasteiger partial charge in [0.1, 0.15) is 5.82 Å². The molecule has 0 N–H and O–H groups in total. The molecule has 5 nitrogen and oxygen atoms in total. The monoisotopic (exact) mass is 406 g/mol. The summed E-state index contributed by atoms with van der Waals surface area (Å²) < 4.78 is 18.9. The maximum Gasteiger partial charge on any atom is 0.303 e. The van der Waals surface area contributed by atoms with Crippen LogP contribution in [0.4, 0.5) is 4.39 Å². The van der Waals surface area contributed by atoms with E-state index in [4.69, 9.17) is 4.74 Å². The van der Waals surface area contributed by atoms with E-state index in [2.05, 4.69) is 0 Å². The van der Waals surface area contributed by atoms with Gasteiger partial charge in [-0.3, -0.25) is 9.59 Å². The summed E-state index contributed by atoms with van der Waals surface area (Å²) >= 11 is 1.45. The molecule has 0 spiro atoms. The molecule has 1 fully saturated rings. The van der Waals surface area contributed by atoms with Crippen LogP contribution in [0.25, 0.3) is 0 Å². The fraction of sp³-hybridized carbons (Fsp3) is 0.429. The molecule has 0 aliphatic carbocycles. The molecule has 1 aliphatic rings. The minimum atomic E-state index is -0.998. The van der Waals surface area contributed by atoms with E-state index in [-0.39, 0.29) is 11.7 Å². The number of rotatable bonds is 5. The lowest BCUT2D eigenvalue weighted by Gasteiger charge is -2.28. The first-order valence-electron chi connectivity index (χ1n) is 9.17. The van der Waals surface area contributed by atoms with Crippen molar-refractivity contribution in [3.8, 4) is 0 Å². The first kappa shape index (κ1) is 22.2. The van der Waals surface area contributed by atoms with Gasteiger partial charge in [0.25, 0.3) is 5.91 Å². The average molecular weight is 407 g/mol. The van der Waals surface area contributed by atoms with E-state index >= 15 is 0 Å². The Morgan fingerprint density at radius 3 is 2.39 bits per heavy atom. The summed E-state index contributed by atoms with van der Waals surface area (Å²) in [4.78, 5) is 29.8. The average Bonchev–Trinajstić information content (AvgIpc) is 2.75. The number of nitrogens with zero attached hydrogens (tertiary/aromatic N) is 2. The number of esters is 1. The number of hydrogen-bond acceptors (Lipinski definition) is 5. The van der Waals surface area contributed by atoms with Crippen molar-refractivity contribution in [3.05, 3.63) is 58.4 Å². The molecule has 0 aromatic heterocycles. The number of carbonyl (C=O) groups is 2. The van der Waals surface area contributed by atoms with Gasteiger partial charge >= 0.3 is 5.97 Å². The van der Waals surface area contributed by atoms with Gasteiger partial charge < -0.3 is 14.5 Å². The van der Waals surface area contributed by atoms with Crippen LogP contribution in [-0.2, 0) is 14.3 Å². The van der Waals surface area contributed by atoms with Gasteiger partial charge in [0, 0.05) is 24.9 Å². The van der Waals surface area contributed by atoms with Crippen molar-refractivity contribution in [2.45, 2.75) is 32.1 Å². The molecule has 1 saturated heterocycles. The van der Waals surface area contributed by atoms with Crippen molar-refractivity contribution >= 4 is 23.6 Å². The van der Waals surface area contributed by atoms with Crippen LogP contribution in [-0.4, -0.2) is 55.0 Å². The summed E-state index contributed by atoms with van der Waals surface area (Å²) in [5.41, 5.74) is 1.52. The Morgan fingerprint density at radius 2 is 1.89 bits per heavy atom. The quantitative estimate of drug-likeness (QED) is 0.697. The number of ether oxygens (including phenoxy) is 1. The molecule has 1 aliphatic heterocycles. The summed E-state index contributed by atoms with van der Waals surface area (Å²) in [6.45, 7) is 6.22. The molecule has 1 aromatic rings. The van der Waals surface area contributed by atoms with E-state index in [1.165, 1.54) is 30.8 Å². The number of benzene rings is 1. The van der Waals surface area contributed by atoms with Gasteiger partial charge in [0.15, 0.2) is 6.10 Å². The molecular weight excluding hydrogens is 379 g/mol. The smallest absolute Gasteiger partial charge is 0.303 e. The van der Waals surface area contributed by atoms with E-state index in [0.717, 1.165) is 16.2 Å². The van der Waals surface area contributed by atoms with E-state index in [1.807, 2.05) is 45.0 Å². The zero-order valence-electron chi connectivity index (χ0n) is 16.9. The minimum Gasteiger partial charge on any atom is -0.451 e. The van der Waals surface area contributed by atoms with Crippen LogP contribution in [0, 0.1) is 5.82 Å². The number of allylic oxidation sites excluding steroid dienone is 2. The Kier molecular flexibility index (Phi) is 7.83. The van der Waals surface area contributed by atoms with Crippen molar-refractivity contribution < 1.29 is 18.7 Å². The highest BCUT2D eigenvalue weighted by Crippen LogP contribution is 2.45. The molecular formula is C21H27FN2O3S. The van der Waals surface area contributed by atoms with Gasteiger partial charge in [-0.1, -0.05) is 24.3 Å².